The average Bonchev–Trinajstić information content (AvgIpc) is 3.19. The predicted octanol–water partition coefficient (Wildman–Crippen LogP) is 5.07. The molecule has 0 aliphatic heterocycles. The molecule has 0 spiro atoms. The standard InChI is InChI=1S/C24H24N4O2S/c1-3-28-22(15-30-19-13-11-17(2)12-14-19)26-27-24(28)31-16-23(29)25-21-10-6-8-18-7-4-5-9-20(18)21/h4-14H,3,15-16H2,1-2H3,(H,25,29). The van der Waals surface area contributed by atoms with Gasteiger partial charge in [-0.25, -0.2) is 0 Å². The molecule has 3 aromatic carbocycles. The zero-order valence-electron chi connectivity index (χ0n) is 17.5. The normalized spacial score (nSPS) is 10.9. The van der Waals surface area contributed by atoms with Gasteiger partial charge in [-0.2, -0.15) is 0 Å². The van der Waals surface area contributed by atoms with Crippen molar-refractivity contribution in [3.63, 3.8) is 0 Å². The Bertz CT molecular complexity index is 1180. The number of aryl methyl sites for hydroxylation is 1. The molecular weight excluding hydrogens is 408 g/mol. The molecule has 31 heavy (non-hydrogen) atoms. The molecule has 0 radical (unpaired) electrons. The summed E-state index contributed by atoms with van der Waals surface area (Å²) in [6.45, 7) is 5.09. The molecule has 1 amide bonds. The fraction of sp³-hybridized carbons (Fsp3) is 0.208. The smallest absolute Gasteiger partial charge is 0.234 e. The minimum Gasteiger partial charge on any atom is -0.486 e. The highest BCUT2D eigenvalue weighted by Gasteiger charge is 2.14. The fourth-order valence-corrected chi connectivity index (χ4v) is 4.10. The predicted molar refractivity (Wildman–Crippen MR) is 125 cm³/mol. The van der Waals surface area contributed by atoms with Crippen molar-refractivity contribution >= 4 is 34.1 Å². The maximum absolute atomic E-state index is 12.6. The van der Waals surface area contributed by atoms with Crippen LogP contribution in [0.15, 0.2) is 71.9 Å². The van der Waals surface area contributed by atoms with Crippen LogP contribution < -0.4 is 10.1 Å². The van der Waals surface area contributed by atoms with Crippen LogP contribution in [-0.2, 0) is 17.9 Å². The molecule has 6 nitrogen and oxygen atoms in total. The first kappa shape index (κ1) is 20.9. The summed E-state index contributed by atoms with van der Waals surface area (Å²) in [4.78, 5) is 12.6. The van der Waals surface area contributed by atoms with Crippen LogP contribution in [0.2, 0.25) is 0 Å². The number of amides is 1. The number of hydrogen-bond donors (Lipinski definition) is 1. The number of anilines is 1. The first-order valence-corrected chi connectivity index (χ1v) is 11.1. The van der Waals surface area contributed by atoms with Crippen molar-refractivity contribution in [2.45, 2.75) is 32.2 Å². The van der Waals surface area contributed by atoms with Gasteiger partial charge in [0.2, 0.25) is 5.91 Å². The lowest BCUT2D eigenvalue weighted by Gasteiger charge is -2.10. The first-order chi connectivity index (χ1) is 15.1. The van der Waals surface area contributed by atoms with E-state index >= 15 is 0 Å². The van der Waals surface area contributed by atoms with Crippen LogP contribution in [0.3, 0.4) is 0 Å². The molecule has 0 bridgehead atoms. The first-order valence-electron chi connectivity index (χ1n) is 10.2. The van der Waals surface area contributed by atoms with Crippen LogP contribution in [-0.4, -0.2) is 26.4 Å². The number of carbonyl (C=O) groups excluding carboxylic acids is 1. The molecule has 0 atom stereocenters. The molecule has 0 aliphatic carbocycles. The van der Waals surface area contributed by atoms with Crippen LogP contribution in [0, 0.1) is 6.92 Å². The number of fused-ring (bicyclic) bond motifs is 1. The third-order valence-electron chi connectivity index (χ3n) is 4.89. The van der Waals surface area contributed by atoms with Crippen molar-refractivity contribution in [2.24, 2.45) is 0 Å². The van der Waals surface area contributed by atoms with Gasteiger partial charge in [0.15, 0.2) is 11.0 Å². The molecule has 0 aliphatic rings. The molecule has 4 rings (SSSR count). The second-order valence-corrected chi connectivity index (χ2v) is 8.05. The maximum Gasteiger partial charge on any atom is 0.234 e. The summed E-state index contributed by atoms with van der Waals surface area (Å²) in [5, 5.41) is 14.3. The van der Waals surface area contributed by atoms with Gasteiger partial charge in [-0.15, -0.1) is 10.2 Å². The Morgan fingerprint density at radius 2 is 1.81 bits per heavy atom. The van der Waals surface area contributed by atoms with Crippen LogP contribution in [0.1, 0.15) is 18.3 Å². The summed E-state index contributed by atoms with van der Waals surface area (Å²) in [5.74, 6) is 1.70. The monoisotopic (exact) mass is 432 g/mol. The van der Waals surface area contributed by atoms with Crippen molar-refractivity contribution in [1.82, 2.24) is 14.8 Å². The van der Waals surface area contributed by atoms with E-state index in [0.717, 1.165) is 28.0 Å². The van der Waals surface area contributed by atoms with Crippen LogP contribution in [0.4, 0.5) is 5.69 Å². The Kier molecular flexibility index (Phi) is 6.52. The lowest BCUT2D eigenvalue weighted by Crippen LogP contribution is -2.15. The SMILES string of the molecule is CCn1c(COc2ccc(C)cc2)nnc1SCC(=O)Nc1cccc2ccccc12. The quantitative estimate of drug-likeness (QED) is 0.394. The van der Waals surface area contributed by atoms with E-state index in [1.54, 1.807) is 0 Å². The number of nitrogens with zero attached hydrogens (tertiary/aromatic N) is 3. The Hall–Kier alpha value is -3.32. The van der Waals surface area contributed by atoms with Gasteiger partial charge in [0, 0.05) is 17.6 Å². The van der Waals surface area contributed by atoms with E-state index in [1.807, 2.05) is 85.1 Å². The average molecular weight is 433 g/mol. The van der Waals surface area contributed by atoms with Gasteiger partial charge in [0.1, 0.15) is 12.4 Å². The van der Waals surface area contributed by atoms with E-state index in [-0.39, 0.29) is 11.7 Å². The number of hydrogen-bond acceptors (Lipinski definition) is 5. The van der Waals surface area contributed by atoms with E-state index in [9.17, 15) is 4.79 Å². The highest BCUT2D eigenvalue weighted by atomic mass is 32.2. The summed E-state index contributed by atoms with van der Waals surface area (Å²) < 4.78 is 7.81. The Morgan fingerprint density at radius 3 is 2.61 bits per heavy atom. The number of ether oxygens (including phenoxy) is 1. The van der Waals surface area contributed by atoms with Gasteiger partial charge in [-0.1, -0.05) is 65.9 Å². The molecule has 0 fully saturated rings. The van der Waals surface area contributed by atoms with Gasteiger partial charge in [-0.3, -0.25) is 4.79 Å². The molecule has 4 aromatic rings. The zero-order chi connectivity index (χ0) is 21.6. The maximum atomic E-state index is 12.6. The lowest BCUT2D eigenvalue weighted by atomic mass is 10.1. The van der Waals surface area contributed by atoms with Crippen molar-refractivity contribution in [1.29, 1.82) is 0 Å². The topological polar surface area (TPSA) is 69.0 Å². The molecule has 158 valence electrons. The number of thioether (sulfide) groups is 1. The number of benzene rings is 3. The van der Waals surface area contributed by atoms with Crippen LogP contribution in [0.25, 0.3) is 10.8 Å². The fourth-order valence-electron chi connectivity index (χ4n) is 3.28. The van der Waals surface area contributed by atoms with Crippen molar-refractivity contribution in [2.75, 3.05) is 11.1 Å². The zero-order valence-corrected chi connectivity index (χ0v) is 18.4. The molecule has 1 aromatic heterocycles. The molecule has 0 unspecified atom stereocenters. The van der Waals surface area contributed by atoms with E-state index < -0.39 is 0 Å². The Morgan fingerprint density at radius 1 is 1.03 bits per heavy atom. The third-order valence-corrected chi connectivity index (χ3v) is 5.86. The summed E-state index contributed by atoms with van der Waals surface area (Å²) in [5.41, 5.74) is 2.00. The molecular formula is C24H24N4O2S. The van der Waals surface area contributed by atoms with Gasteiger partial charge in [0.25, 0.3) is 0 Å². The minimum absolute atomic E-state index is 0.0792. The van der Waals surface area contributed by atoms with E-state index in [0.29, 0.717) is 18.3 Å². The Labute approximate surface area is 185 Å². The van der Waals surface area contributed by atoms with Gasteiger partial charge in [-0.05, 0) is 37.4 Å². The third kappa shape index (κ3) is 5.06. The summed E-state index contributed by atoms with van der Waals surface area (Å²) >= 11 is 1.37. The number of aromatic nitrogens is 3. The molecule has 7 heteroatoms. The lowest BCUT2D eigenvalue weighted by molar-refractivity contribution is -0.113. The van der Waals surface area contributed by atoms with E-state index in [1.165, 1.54) is 17.3 Å². The Balaban J connectivity index is 1.37. The van der Waals surface area contributed by atoms with Crippen molar-refractivity contribution in [3.05, 3.63) is 78.1 Å². The van der Waals surface area contributed by atoms with Gasteiger partial charge < -0.3 is 14.6 Å². The molecule has 0 saturated heterocycles. The summed E-state index contributed by atoms with van der Waals surface area (Å²) in [7, 11) is 0. The molecule has 1 N–H and O–H groups in total. The summed E-state index contributed by atoms with van der Waals surface area (Å²) in [6.07, 6.45) is 0. The molecule has 1 heterocycles. The number of nitrogens with one attached hydrogen (secondary N) is 1. The van der Waals surface area contributed by atoms with E-state index in [2.05, 4.69) is 15.5 Å². The highest BCUT2D eigenvalue weighted by Crippen LogP contribution is 2.24. The second-order valence-electron chi connectivity index (χ2n) is 7.11. The van der Waals surface area contributed by atoms with Crippen LogP contribution >= 0.6 is 11.8 Å². The van der Waals surface area contributed by atoms with Gasteiger partial charge >= 0.3 is 0 Å². The number of rotatable bonds is 8. The van der Waals surface area contributed by atoms with Crippen molar-refractivity contribution < 1.29 is 9.53 Å². The van der Waals surface area contributed by atoms with E-state index in [4.69, 9.17) is 4.74 Å². The second kappa shape index (κ2) is 9.66. The van der Waals surface area contributed by atoms with Crippen molar-refractivity contribution in [3.8, 4) is 5.75 Å². The van der Waals surface area contributed by atoms with Gasteiger partial charge in [0.05, 0.1) is 5.75 Å². The summed E-state index contributed by atoms with van der Waals surface area (Å²) in [6, 6.07) is 21.8. The minimum atomic E-state index is -0.0792. The van der Waals surface area contributed by atoms with Crippen LogP contribution in [0.5, 0.6) is 5.75 Å². The molecule has 0 saturated carbocycles. The number of carbonyl (C=O) groups is 1. The highest BCUT2D eigenvalue weighted by molar-refractivity contribution is 7.99. The largest absolute Gasteiger partial charge is 0.486 e.